The van der Waals surface area contributed by atoms with Gasteiger partial charge in [0.05, 0.1) is 5.69 Å². The zero-order chi connectivity index (χ0) is 18.8. The summed E-state index contributed by atoms with van der Waals surface area (Å²) in [6, 6.07) is 8.79. The Bertz CT molecular complexity index is 1020. The van der Waals surface area contributed by atoms with Crippen LogP contribution >= 0.6 is 0 Å². The number of rotatable bonds is 4. The number of hydrogen-bond acceptors (Lipinski definition) is 6. The van der Waals surface area contributed by atoms with Gasteiger partial charge in [0.25, 0.3) is 5.91 Å². The molecule has 1 aliphatic rings. The summed E-state index contributed by atoms with van der Waals surface area (Å²) < 4.78 is 12.5. The van der Waals surface area contributed by atoms with Crippen LogP contribution in [-0.4, -0.2) is 27.3 Å². The van der Waals surface area contributed by atoms with Gasteiger partial charge in [-0.2, -0.15) is 5.10 Å². The second-order valence-electron chi connectivity index (χ2n) is 6.34. The first kappa shape index (κ1) is 17.2. The summed E-state index contributed by atoms with van der Waals surface area (Å²) in [6.07, 6.45) is 4.51. The van der Waals surface area contributed by atoms with Crippen LogP contribution in [0.1, 0.15) is 40.6 Å². The van der Waals surface area contributed by atoms with Crippen molar-refractivity contribution in [2.75, 3.05) is 11.9 Å². The van der Waals surface area contributed by atoms with Crippen LogP contribution in [0.2, 0.25) is 0 Å². The number of aryl methyl sites for hydroxylation is 1. The second-order valence-corrected chi connectivity index (χ2v) is 6.34. The summed E-state index contributed by atoms with van der Waals surface area (Å²) in [5.74, 6) is -0.0457. The number of benzene rings is 1. The molecule has 27 heavy (non-hydrogen) atoms. The van der Waals surface area contributed by atoms with Crippen molar-refractivity contribution >= 4 is 11.6 Å². The van der Waals surface area contributed by atoms with Gasteiger partial charge in [0.1, 0.15) is 30.1 Å². The number of nitrogens with one attached hydrogen (secondary N) is 1. The van der Waals surface area contributed by atoms with Crippen LogP contribution in [0.25, 0.3) is 5.69 Å². The molecule has 0 bridgehead atoms. The molecule has 1 aliphatic heterocycles. The number of ether oxygens (including phenoxy) is 1. The molecule has 3 aromatic rings. The van der Waals surface area contributed by atoms with Crippen molar-refractivity contribution in [2.45, 2.75) is 25.9 Å². The lowest BCUT2D eigenvalue weighted by atomic mass is 10.1. The van der Waals surface area contributed by atoms with E-state index in [0.29, 0.717) is 23.6 Å². The molecule has 0 radical (unpaired) electrons. The summed E-state index contributed by atoms with van der Waals surface area (Å²) in [5.41, 5.74) is 1.16. The molecule has 0 saturated carbocycles. The number of nitrogens with zero attached hydrogens (tertiary/aromatic N) is 3. The molecule has 3 heterocycles. The van der Waals surface area contributed by atoms with Gasteiger partial charge in [0.15, 0.2) is 0 Å². The first-order chi connectivity index (χ1) is 13.1. The molecule has 1 unspecified atom stereocenters. The predicted octanol–water partition coefficient (Wildman–Crippen LogP) is 2.63. The highest BCUT2D eigenvalue weighted by atomic mass is 16.5. The highest BCUT2D eigenvalue weighted by Gasteiger charge is 2.24. The zero-order valence-electron chi connectivity index (χ0n) is 14.7. The van der Waals surface area contributed by atoms with Gasteiger partial charge in [-0.1, -0.05) is 6.07 Å². The van der Waals surface area contributed by atoms with Gasteiger partial charge in [-0.25, -0.2) is 14.5 Å². The quantitative estimate of drug-likeness (QED) is 0.762. The number of aromatic nitrogens is 3. The van der Waals surface area contributed by atoms with E-state index < -0.39 is 11.5 Å². The minimum absolute atomic E-state index is 0.0112. The lowest BCUT2D eigenvalue weighted by molar-refractivity contribution is 0.0895. The molecule has 1 N–H and O–H groups in total. The first-order valence-corrected chi connectivity index (χ1v) is 8.64. The van der Waals surface area contributed by atoms with Crippen molar-refractivity contribution in [1.82, 2.24) is 14.8 Å². The van der Waals surface area contributed by atoms with Crippen LogP contribution in [0.15, 0.2) is 52.2 Å². The normalized spacial score (nSPS) is 16.4. The zero-order valence-corrected chi connectivity index (χ0v) is 14.7. The third kappa shape index (κ3) is 3.52. The van der Waals surface area contributed by atoms with Crippen molar-refractivity contribution in [3.63, 3.8) is 0 Å². The molecule has 1 atom stereocenters. The van der Waals surface area contributed by atoms with Crippen molar-refractivity contribution in [1.29, 1.82) is 0 Å². The van der Waals surface area contributed by atoms with E-state index in [4.69, 9.17) is 9.15 Å². The van der Waals surface area contributed by atoms with Crippen LogP contribution < -0.4 is 10.9 Å². The minimum Gasteiger partial charge on any atom is -0.424 e. The molecule has 1 amide bonds. The number of anilines is 1. The van der Waals surface area contributed by atoms with Crippen LogP contribution in [0, 0.1) is 6.92 Å². The highest BCUT2D eigenvalue weighted by Crippen LogP contribution is 2.28. The van der Waals surface area contributed by atoms with Gasteiger partial charge in [-0.3, -0.25) is 4.79 Å². The largest absolute Gasteiger partial charge is 0.424 e. The molecule has 4 rings (SSSR count). The van der Waals surface area contributed by atoms with E-state index in [0.717, 1.165) is 18.5 Å². The number of carbonyl (C=O) groups excluding carboxylic acids is 1. The van der Waals surface area contributed by atoms with Gasteiger partial charge in [-0.15, -0.1) is 0 Å². The monoisotopic (exact) mass is 366 g/mol. The first-order valence-electron chi connectivity index (χ1n) is 8.64. The van der Waals surface area contributed by atoms with Gasteiger partial charge in [-0.05, 0) is 49.6 Å². The van der Waals surface area contributed by atoms with E-state index in [1.165, 1.54) is 6.33 Å². The highest BCUT2D eigenvalue weighted by molar-refractivity contribution is 6.05. The Kier molecular flexibility index (Phi) is 4.55. The van der Waals surface area contributed by atoms with Gasteiger partial charge in [0, 0.05) is 12.3 Å². The van der Waals surface area contributed by atoms with E-state index in [9.17, 15) is 9.59 Å². The second kappa shape index (κ2) is 7.16. The fourth-order valence-electron chi connectivity index (χ4n) is 3.13. The van der Waals surface area contributed by atoms with Crippen molar-refractivity contribution in [2.24, 2.45) is 0 Å². The molecule has 2 aromatic heterocycles. The van der Waals surface area contributed by atoms with E-state index in [1.807, 2.05) is 6.07 Å². The molecule has 0 spiro atoms. The summed E-state index contributed by atoms with van der Waals surface area (Å²) in [7, 11) is 0. The van der Waals surface area contributed by atoms with Crippen LogP contribution in [0.3, 0.4) is 0 Å². The van der Waals surface area contributed by atoms with Crippen LogP contribution in [0.5, 0.6) is 0 Å². The average Bonchev–Trinajstić information content (AvgIpc) is 3.35. The van der Waals surface area contributed by atoms with Crippen molar-refractivity contribution in [3.8, 4) is 5.69 Å². The maximum Gasteiger partial charge on any atom is 0.349 e. The summed E-state index contributed by atoms with van der Waals surface area (Å²) in [5, 5.41) is 6.80. The van der Waals surface area contributed by atoms with E-state index >= 15 is 0 Å². The Morgan fingerprint density at radius 1 is 1.33 bits per heavy atom. The molecule has 0 aliphatic carbocycles. The SMILES string of the molecule is Cc1cc(C2CCCO2)oc(=O)c1C(=O)Nc1cccc(-n2cncn2)c1. The Hall–Kier alpha value is -3.26. The minimum atomic E-state index is -0.662. The molecule has 1 aromatic carbocycles. The smallest absolute Gasteiger partial charge is 0.349 e. The summed E-state index contributed by atoms with van der Waals surface area (Å²) in [4.78, 5) is 28.9. The fraction of sp³-hybridized carbons (Fsp3) is 0.263. The molecule has 1 saturated heterocycles. The van der Waals surface area contributed by atoms with Gasteiger partial charge < -0.3 is 14.5 Å². The molecular weight excluding hydrogens is 348 g/mol. The number of amides is 1. The molecular formula is C19H18N4O4. The molecule has 1 fully saturated rings. The van der Waals surface area contributed by atoms with Gasteiger partial charge >= 0.3 is 5.63 Å². The molecule has 8 heteroatoms. The maximum atomic E-state index is 12.6. The third-order valence-corrected chi connectivity index (χ3v) is 4.43. The third-order valence-electron chi connectivity index (χ3n) is 4.43. The average molecular weight is 366 g/mol. The Morgan fingerprint density at radius 2 is 2.22 bits per heavy atom. The Balaban J connectivity index is 1.58. The van der Waals surface area contributed by atoms with Crippen molar-refractivity contribution in [3.05, 3.63) is 70.3 Å². The summed E-state index contributed by atoms with van der Waals surface area (Å²) in [6.45, 7) is 2.37. The summed E-state index contributed by atoms with van der Waals surface area (Å²) >= 11 is 0. The van der Waals surface area contributed by atoms with E-state index in [1.54, 1.807) is 42.2 Å². The molecule has 138 valence electrons. The Labute approximate surface area is 154 Å². The van der Waals surface area contributed by atoms with Crippen LogP contribution in [-0.2, 0) is 4.74 Å². The lowest BCUT2D eigenvalue weighted by Crippen LogP contribution is -2.23. The standard InChI is InChI=1S/C19H18N4O4/c1-12-8-16(15-6-3-7-26-15)27-19(25)17(12)18(24)22-13-4-2-5-14(9-13)23-11-20-10-21-23/h2,4-5,8-11,15H,3,6-7H2,1H3,(H,22,24). The predicted molar refractivity (Wildman–Crippen MR) is 97.0 cm³/mol. The number of hydrogen-bond donors (Lipinski definition) is 1. The lowest BCUT2D eigenvalue weighted by Gasteiger charge is -2.11. The fourth-order valence-corrected chi connectivity index (χ4v) is 3.13. The number of carbonyl (C=O) groups is 1. The van der Waals surface area contributed by atoms with E-state index in [2.05, 4.69) is 15.4 Å². The van der Waals surface area contributed by atoms with Crippen molar-refractivity contribution < 1.29 is 13.9 Å². The van der Waals surface area contributed by atoms with Crippen LogP contribution in [0.4, 0.5) is 5.69 Å². The topological polar surface area (TPSA) is 99.2 Å². The maximum absolute atomic E-state index is 12.6. The molecule has 8 nitrogen and oxygen atoms in total. The van der Waals surface area contributed by atoms with E-state index in [-0.39, 0.29) is 11.7 Å². The van der Waals surface area contributed by atoms with Gasteiger partial charge in [0.2, 0.25) is 0 Å². The Morgan fingerprint density at radius 3 is 2.93 bits per heavy atom.